The standard InChI is InChI=1S/C24H17BrN2O4/c1-29-17-7-5-14(6-8-17)24(28)30-18-9-10-19-21(12-18)31-23(27)20(13-26)22(19)15-3-2-4-16(25)11-15/h2-12,22H,27H2,1H3/t22-/m0/s1. The van der Waals surface area contributed by atoms with E-state index in [4.69, 9.17) is 19.9 Å². The average molecular weight is 477 g/mol. The number of carbonyl (C=O) groups excluding carboxylic acids is 1. The van der Waals surface area contributed by atoms with Crippen LogP contribution >= 0.6 is 15.9 Å². The van der Waals surface area contributed by atoms with E-state index in [0.717, 1.165) is 15.6 Å². The third-order valence-corrected chi connectivity index (χ3v) is 5.40. The topological polar surface area (TPSA) is 94.6 Å². The van der Waals surface area contributed by atoms with E-state index in [-0.39, 0.29) is 5.88 Å². The number of benzene rings is 3. The highest BCUT2D eigenvalue weighted by molar-refractivity contribution is 9.10. The van der Waals surface area contributed by atoms with Gasteiger partial charge in [-0.3, -0.25) is 0 Å². The molecule has 0 saturated carbocycles. The largest absolute Gasteiger partial charge is 0.497 e. The van der Waals surface area contributed by atoms with E-state index in [2.05, 4.69) is 22.0 Å². The van der Waals surface area contributed by atoms with Crippen molar-refractivity contribution in [3.63, 3.8) is 0 Å². The summed E-state index contributed by atoms with van der Waals surface area (Å²) < 4.78 is 17.2. The van der Waals surface area contributed by atoms with Crippen LogP contribution in [0.1, 0.15) is 27.4 Å². The molecular formula is C24H17BrN2O4. The third-order valence-electron chi connectivity index (χ3n) is 4.91. The van der Waals surface area contributed by atoms with Gasteiger partial charge in [0, 0.05) is 16.1 Å². The molecule has 154 valence electrons. The Balaban J connectivity index is 1.66. The third kappa shape index (κ3) is 4.11. The number of nitriles is 1. The number of methoxy groups -OCH3 is 1. The van der Waals surface area contributed by atoms with E-state index >= 15 is 0 Å². The van der Waals surface area contributed by atoms with Gasteiger partial charge in [0.05, 0.1) is 18.6 Å². The van der Waals surface area contributed by atoms with Crippen LogP contribution < -0.4 is 19.9 Å². The SMILES string of the molecule is COc1ccc(C(=O)Oc2ccc3c(c2)OC(N)=C(C#N)[C@H]3c2cccc(Br)c2)cc1. The molecule has 1 aliphatic heterocycles. The predicted molar refractivity (Wildman–Crippen MR) is 118 cm³/mol. The van der Waals surface area contributed by atoms with Gasteiger partial charge >= 0.3 is 5.97 Å². The van der Waals surface area contributed by atoms with E-state index < -0.39 is 11.9 Å². The molecule has 0 aromatic heterocycles. The number of halogens is 1. The van der Waals surface area contributed by atoms with Crippen molar-refractivity contribution in [1.82, 2.24) is 0 Å². The summed E-state index contributed by atoms with van der Waals surface area (Å²) in [5.74, 6) is 0.509. The molecule has 1 atom stereocenters. The van der Waals surface area contributed by atoms with Gasteiger partial charge in [-0.2, -0.15) is 5.26 Å². The molecule has 4 rings (SSSR count). The highest BCUT2D eigenvalue weighted by Crippen LogP contribution is 2.43. The Hall–Kier alpha value is -3.76. The molecule has 3 aromatic carbocycles. The zero-order chi connectivity index (χ0) is 22.0. The highest BCUT2D eigenvalue weighted by Gasteiger charge is 2.31. The van der Waals surface area contributed by atoms with Crippen LogP contribution in [0.5, 0.6) is 17.2 Å². The number of esters is 1. The summed E-state index contributed by atoms with van der Waals surface area (Å²) in [6, 6.07) is 21.5. The summed E-state index contributed by atoms with van der Waals surface area (Å²) in [5, 5.41) is 9.67. The second-order valence-corrected chi connectivity index (χ2v) is 7.71. The Morgan fingerprint density at radius 2 is 1.84 bits per heavy atom. The molecule has 1 heterocycles. The lowest BCUT2D eigenvalue weighted by atomic mass is 9.83. The first-order valence-corrected chi connectivity index (χ1v) is 10.1. The van der Waals surface area contributed by atoms with Crippen molar-refractivity contribution in [1.29, 1.82) is 5.26 Å². The van der Waals surface area contributed by atoms with Crippen LogP contribution in [0.2, 0.25) is 0 Å². The Morgan fingerprint density at radius 1 is 1.10 bits per heavy atom. The molecule has 0 amide bonds. The Bertz CT molecular complexity index is 1230. The van der Waals surface area contributed by atoms with E-state index in [1.54, 1.807) is 49.6 Å². The molecule has 2 N–H and O–H groups in total. The van der Waals surface area contributed by atoms with E-state index in [1.165, 1.54) is 0 Å². The van der Waals surface area contributed by atoms with Crippen LogP contribution in [0, 0.1) is 11.3 Å². The lowest BCUT2D eigenvalue weighted by molar-refractivity contribution is 0.0734. The van der Waals surface area contributed by atoms with Crippen LogP contribution in [0.25, 0.3) is 0 Å². The molecule has 0 bridgehead atoms. The van der Waals surface area contributed by atoms with E-state index in [0.29, 0.717) is 28.4 Å². The Morgan fingerprint density at radius 3 is 2.52 bits per heavy atom. The maximum atomic E-state index is 12.5. The number of nitrogens with zero attached hydrogens (tertiary/aromatic N) is 1. The maximum Gasteiger partial charge on any atom is 0.343 e. The summed E-state index contributed by atoms with van der Waals surface area (Å²) in [5.41, 5.74) is 8.41. The summed E-state index contributed by atoms with van der Waals surface area (Å²) in [6.07, 6.45) is 0. The molecule has 7 heteroatoms. The monoisotopic (exact) mass is 476 g/mol. The molecule has 0 spiro atoms. The smallest absolute Gasteiger partial charge is 0.343 e. The number of fused-ring (bicyclic) bond motifs is 1. The second-order valence-electron chi connectivity index (χ2n) is 6.80. The molecule has 1 aliphatic rings. The highest BCUT2D eigenvalue weighted by atomic mass is 79.9. The van der Waals surface area contributed by atoms with E-state index in [9.17, 15) is 10.1 Å². The van der Waals surface area contributed by atoms with Crippen LogP contribution in [0.4, 0.5) is 0 Å². The number of allylic oxidation sites excluding steroid dienone is 1. The molecule has 3 aromatic rings. The number of rotatable bonds is 4. The Kier molecular flexibility index (Phi) is 5.65. The molecule has 0 unspecified atom stereocenters. The van der Waals surface area contributed by atoms with Gasteiger partial charge in [0.2, 0.25) is 5.88 Å². The summed E-state index contributed by atoms with van der Waals surface area (Å²) in [7, 11) is 1.56. The van der Waals surface area contributed by atoms with Crippen molar-refractivity contribution in [2.24, 2.45) is 5.73 Å². The fraction of sp³-hybridized carbons (Fsp3) is 0.0833. The van der Waals surface area contributed by atoms with Gasteiger partial charge in [-0.25, -0.2) is 4.79 Å². The molecular weight excluding hydrogens is 460 g/mol. The maximum absolute atomic E-state index is 12.5. The summed E-state index contributed by atoms with van der Waals surface area (Å²) >= 11 is 3.47. The van der Waals surface area contributed by atoms with Crippen molar-refractivity contribution in [3.8, 4) is 23.3 Å². The molecule has 0 aliphatic carbocycles. The van der Waals surface area contributed by atoms with Crippen LogP contribution in [-0.2, 0) is 0 Å². The molecule has 31 heavy (non-hydrogen) atoms. The molecule has 6 nitrogen and oxygen atoms in total. The second kappa shape index (κ2) is 8.54. The number of ether oxygens (including phenoxy) is 3. The Labute approximate surface area is 187 Å². The fourth-order valence-electron chi connectivity index (χ4n) is 3.42. The molecule has 0 fully saturated rings. The summed E-state index contributed by atoms with van der Waals surface area (Å²) in [6.45, 7) is 0. The minimum atomic E-state index is -0.511. The number of hydrogen-bond donors (Lipinski definition) is 1. The lowest BCUT2D eigenvalue weighted by Gasteiger charge is -2.26. The average Bonchev–Trinajstić information content (AvgIpc) is 2.78. The number of hydrogen-bond acceptors (Lipinski definition) is 6. The van der Waals surface area contributed by atoms with Crippen molar-refractivity contribution in [3.05, 3.63) is 99.3 Å². The van der Waals surface area contributed by atoms with Gasteiger partial charge in [0.1, 0.15) is 28.9 Å². The van der Waals surface area contributed by atoms with Crippen LogP contribution in [0.3, 0.4) is 0 Å². The van der Waals surface area contributed by atoms with E-state index in [1.807, 2.05) is 24.3 Å². The number of nitrogens with two attached hydrogens (primary N) is 1. The van der Waals surface area contributed by atoms with Gasteiger partial charge in [0.25, 0.3) is 0 Å². The normalized spacial score (nSPS) is 14.8. The van der Waals surface area contributed by atoms with Crippen molar-refractivity contribution >= 4 is 21.9 Å². The van der Waals surface area contributed by atoms with Gasteiger partial charge in [-0.15, -0.1) is 0 Å². The van der Waals surface area contributed by atoms with Gasteiger partial charge in [-0.1, -0.05) is 34.1 Å². The minimum Gasteiger partial charge on any atom is -0.497 e. The zero-order valence-electron chi connectivity index (χ0n) is 16.5. The zero-order valence-corrected chi connectivity index (χ0v) is 18.0. The minimum absolute atomic E-state index is 0.0265. The molecule has 0 radical (unpaired) electrons. The number of carbonyl (C=O) groups is 1. The first-order valence-electron chi connectivity index (χ1n) is 9.33. The first kappa shape index (κ1) is 20.5. The lowest BCUT2D eigenvalue weighted by Crippen LogP contribution is -2.21. The predicted octanol–water partition coefficient (Wildman–Crippen LogP) is 4.90. The van der Waals surface area contributed by atoms with Crippen LogP contribution in [-0.4, -0.2) is 13.1 Å². The molecule has 0 saturated heterocycles. The van der Waals surface area contributed by atoms with Gasteiger partial charge < -0.3 is 19.9 Å². The van der Waals surface area contributed by atoms with Crippen molar-refractivity contribution in [2.75, 3.05) is 7.11 Å². The quantitative estimate of drug-likeness (QED) is 0.425. The summed E-state index contributed by atoms with van der Waals surface area (Å²) in [4.78, 5) is 12.5. The fourth-order valence-corrected chi connectivity index (χ4v) is 3.84. The van der Waals surface area contributed by atoms with Crippen LogP contribution in [0.15, 0.2) is 82.7 Å². The first-order chi connectivity index (χ1) is 15.0. The van der Waals surface area contributed by atoms with Gasteiger partial charge in [0.15, 0.2) is 0 Å². The van der Waals surface area contributed by atoms with Gasteiger partial charge in [-0.05, 0) is 48.0 Å². The van der Waals surface area contributed by atoms with Crippen molar-refractivity contribution in [2.45, 2.75) is 5.92 Å². The van der Waals surface area contributed by atoms with Crippen molar-refractivity contribution < 1.29 is 19.0 Å².